The first kappa shape index (κ1) is 15.7. The molecule has 0 saturated heterocycles. The molecule has 2 heterocycles. The second kappa shape index (κ2) is 6.16. The number of ketones is 1. The molecule has 1 fully saturated rings. The molecular formula is C16H20N2O2S2. The van der Waals surface area contributed by atoms with Crippen molar-refractivity contribution in [3.05, 3.63) is 20.8 Å². The van der Waals surface area contributed by atoms with Gasteiger partial charge in [0.05, 0.1) is 11.1 Å². The smallest absolute Gasteiger partial charge is 0.263 e. The highest BCUT2D eigenvalue weighted by Crippen LogP contribution is 2.34. The van der Waals surface area contributed by atoms with Gasteiger partial charge in [0.25, 0.3) is 5.56 Å². The lowest BCUT2D eigenvalue weighted by molar-refractivity contribution is -0.114. The monoisotopic (exact) mass is 336 g/mol. The van der Waals surface area contributed by atoms with Gasteiger partial charge in [-0.25, -0.2) is 4.98 Å². The highest BCUT2D eigenvalue weighted by molar-refractivity contribution is 7.99. The Balaban J connectivity index is 2.19. The Bertz CT molecular complexity index is 786. The molecule has 3 rings (SSSR count). The minimum absolute atomic E-state index is 0.0739. The Morgan fingerprint density at radius 3 is 2.68 bits per heavy atom. The summed E-state index contributed by atoms with van der Waals surface area (Å²) < 4.78 is 1.86. The molecule has 0 bridgehead atoms. The number of hydrogen-bond donors (Lipinski definition) is 0. The maximum atomic E-state index is 13.0. The molecule has 0 aliphatic heterocycles. The normalized spacial score (nSPS) is 15.8. The van der Waals surface area contributed by atoms with Crippen LogP contribution in [-0.2, 0) is 4.79 Å². The number of thioether (sulfide) groups is 1. The first-order chi connectivity index (χ1) is 10.5. The Morgan fingerprint density at radius 2 is 2.05 bits per heavy atom. The molecule has 0 amide bonds. The summed E-state index contributed by atoms with van der Waals surface area (Å²) in [4.78, 5) is 31.0. The van der Waals surface area contributed by atoms with Crippen molar-refractivity contribution in [2.24, 2.45) is 0 Å². The van der Waals surface area contributed by atoms with Crippen molar-refractivity contribution in [2.75, 3.05) is 5.75 Å². The van der Waals surface area contributed by atoms with Crippen LogP contribution in [0.4, 0.5) is 0 Å². The maximum absolute atomic E-state index is 13.0. The third-order valence-corrected chi connectivity index (χ3v) is 6.50. The second-order valence-electron chi connectivity index (χ2n) is 5.96. The van der Waals surface area contributed by atoms with Crippen LogP contribution in [0.2, 0.25) is 0 Å². The van der Waals surface area contributed by atoms with Crippen molar-refractivity contribution >= 4 is 39.1 Å². The highest BCUT2D eigenvalue weighted by atomic mass is 32.2. The molecule has 118 valence electrons. The first-order valence-electron chi connectivity index (χ1n) is 7.63. The fourth-order valence-corrected chi connectivity index (χ4v) is 4.98. The van der Waals surface area contributed by atoms with Gasteiger partial charge in [-0.15, -0.1) is 11.3 Å². The summed E-state index contributed by atoms with van der Waals surface area (Å²) in [5.41, 5.74) is 1.12. The van der Waals surface area contributed by atoms with Gasteiger partial charge < -0.3 is 0 Å². The van der Waals surface area contributed by atoms with Crippen LogP contribution in [0.1, 0.15) is 49.1 Å². The molecule has 0 N–H and O–H groups in total. The molecule has 0 spiro atoms. The van der Waals surface area contributed by atoms with Gasteiger partial charge in [0.1, 0.15) is 10.6 Å². The summed E-state index contributed by atoms with van der Waals surface area (Å²) in [5, 5.41) is 1.47. The van der Waals surface area contributed by atoms with Gasteiger partial charge in [-0.05, 0) is 39.2 Å². The average molecular weight is 336 g/mol. The number of aromatic nitrogens is 2. The molecule has 1 saturated carbocycles. The lowest BCUT2D eigenvalue weighted by atomic mass is 10.2. The van der Waals surface area contributed by atoms with Crippen molar-refractivity contribution in [1.82, 2.24) is 9.55 Å². The number of Topliss-reactive ketones (excluding diaryl/α,β-unsaturated/α-hetero) is 1. The Labute approximate surface area is 137 Å². The zero-order valence-electron chi connectivity index (χ0n) is 13.1. The standard InChI is InChI=1S/C16H20N2O2S2/c1-9(19)8-21-16-17-14-13(10(2)11(3)22-14)15(20)18(16)12-6-4-5-7-12/h12H,4-8H2,1-3H3. The molecule has 2 aromatic rings. The van der Waals surface area contributed by atoms with E-state index < -0.39 is 0 Å². The van der Waals surface area contributed by atoms with Crippen LogP contribution in [-0.4, -0.2) is 21.1 Å². The van der Waals surface area contributed by atoms with Gasteiger partial charge in [0.15, 0.2) is 5.16 Å². The van der Waals surface area contributed by atoms with Gasteiger partial charge in [-0.1, -0.05) is 24.6 Å². The van der Waals surface area contributed by atoms with Crippen molar-refractivity contribution in [3.8, 4) is 0 Å². The van der Waals surface area contributed by atoms with E-state index in [9.17, 15) is 9.59 Å². The van der Waals surface area contributed by atoms with Crippen molar-refractivity contribution in [3.63, 3.8) is 0 Å². The van der Waals surface area contributed by atoms with E-state index in [2.05, 4.69) is 0 Å². The van der Waals surface area contributed by atoms with E-state index in [0.29, 0.717) is 10.9 Å². The van der Waals surface area contributed by atoms with E-state index in [4.69, 9.17) is 4.98 Å². The van der Waals surface area contributed by atoms with Gasteiger partial charge in [-0.2, -0.15) is 0 Å². The van der Waals surface area contributed by atoms with Crippen LogP contribution in [0.25, 0.3) is 10.2 Å². The predicted octanol–water partition coefficient (Wildman–Crippen LogP) is 3.87. The van der Waals surface area contributed by atoms with Gasteiger partial charge >= 0.3 is 0 Å². The van der Waals surface area contributed by atoms with Crippen LogP contribution in [0.15, 0.2) is 9.95 Å². The van der Waals surface area contributed by atoms with Crippen LogP contribution in [0.5, 0.6) is 0 Å². The third-order valence-electron chi connectivity index (χ3n) is 4.30. The second-order valence-corrected chi connectivity index (χ2v) is 8.11. The van der Waals surface area contributed by atoms with Crippen molar-refractivity contribution in [1.29, 1.82) is 0 Å². The fourth-order valence-electron chi connectivity index (χ4n) is 3.04. The van der Waals surface area contributed by atoms with Crippen molar-refractivity contribution < 1.29 is 4.79 Å². The largest absolute Gasteiger partial charge is 0.299 e. The summed E-state index contributed by atoms with van der Waals surface area (Å²) in [7, 11) is 0. The van der Waals surface area contributed by atoms with E-state index in [1.165, 1.54) is 11.8 Å². The van der Waals surface area contributed by atoms with Crippen LogP contribution < -0.4 is 5.56 Å². The summed E-state index contributed by atoms with van der Waals surface area (Å²) in [5.74, 6) is 0.476. The molecular weight excluding hydrogens is 316 g/mol. The quantitative estimate of drug-likeness (QED) is 0.628. The van der Waals surface area contributed by atoms with E-state index in [1.54, 1.807) is 18.3 Å². The van der Waals surface area contributed by atoms with E-state index in [0.717, 1.165) is 46.3 Å². The topological polar surface area (TPSA) is 52.0 Å². The van der Waals surface area contributed by atoms with E-state index in [1.807, 2.05) is 18.4 Å². The molecule has 6 heteroatoms. The number of aryl methyl sites for hydroxylation is 2. The number of carbonyl (C=O) groups is 1. The number of rotatable bonds is 4. The molecule has 1 aliphatic rings. The zero-order valence-corrected chi connectivity index (χ0v) is 14.8. The molecule has 0 unspecified atom stereocenters. The zero-order chi connectivity index (χ0) is 15.9. The average Bonchev–Trinajstić information content (AvgIpc) is 3.06. The van der Waals surface area contributed by atoms with Crippen molar-refractivity contribution in [2.45, 2.75) is 57.7 Å². The number of nitrogens with zero attached hydrogens (tertiary/aromatic N) is 2. The highest BCUT2D eigenvalue weighted by Gasteiger charge is 2.24. The number of fused-ring (bicyclic) bond motifs is 1. The minimum Gasteiger partial charge on any atom is -0.299 e. The fraction of sp³-hybridized carbons (Fsp3) is 0.562. The van der Waals surface area contributed by atoms with Crippen LogP contribution in [0, 0.1) is 13.8 Å². The predicted molar refractivity (Wildman–Crippen MR) is 92.3 cm³/mol. The summed E-state index contributed by atoms with van der Waals surface area (Å²) >= 11 is 2.96. The number of thiophene rings is 1. The van der Waals surface area contributed by atoms with Crippen LogP contribution in [0.3, 0.4) is 0 Å². The van der Waals surface area contributed by atoms with Gasteiger partial charge in [0, 0.05) is 10.9 Å². The third kappa shape index (κ3) is 2.74. The molecule has 0 aromatic carbocycles. The van der Waals surface area contributed by atoms with E-state index >= 15 is 0 Å². The lowest BCUT2D eigenvalue weighted by Crippen LogP contribution is -2.26. The number of hydrogen-bond acceptors (Lipinski definition) is 5. The molecule has 22 heavy (non-hydrogen) atoms. The van der Waals surface area contributed by atoms with Crippen LogP contribution >= 0.6 is 23.1 Å². The first-order valence-corrected chi connectivity index (χ1v) is 9.43. The van der Waals surface area contributed by atoms with Gasteiger partial charge in [-0.3, -0.25) is 14.2 Å². The molecule has 0 atom stereocenters. The van der Waals surface area contributed by atoms with E-state index in [-0.39, 0.29) is 17.4 Å². The SMILES string of the molecule is CC(=O)CSc1nc2sc(C)c(C)c2c(=O)n1C1CCCC1. The molecule has 1 aliphatic carbocycles. The summed E-state index contributed by atoms with van der Waals surface area (Å²) in [6.45, 7) is 5.60. The number of carbonyl (C=O) groups excluding carboxylic acids is 1. The molecule has 2 aromatic heterocycles. The summed E-state index contributed by atoms with van der Waals surface area (Å²) in [6.07, 6.45) is 4.38. The lowest BCUT2D eigenvalue weighted by Gasteiger charge is -2.17. The summed E-state index contributed by atoms with van der Waals surface area (Å²) in [6, 6.07) is 0.235. The molecule has 0 radical (unpaired) electrons. The molecule has 4 nitrogen and oxygen atoms in total. The Kier molecular flexibility index (Phi) is 4.41. The maximum Gasteiger partial charge on any atom is 0.263 e. The Morgan fingerprint density at radius 1 is 1.36 bits per heavy atom. The minimum atomic E-state index is 0.0739. The Hall–Kier alpha value is -1.14. The van der Waals surface area contributed by atoms with Gasteiger partial charge in [0.2, 0.25) is 0 Å².